The summed E-state index contributed by atoms with van der Waals surface area (Å²) in [4.78, 5) is 12.1. The van der Waals surface area contributed by atoms with E-state index < -0.39 is 11.9 Å². The maximum atomic E-state index is 12.9. The molecule has 2 fully saturated rings. The minimum atomic E-state index is -4.44. The van der Waals surface area contributed by atoms with Crippen molar-refractivity contribution in [2.75, 3.05) is 50.8 Å². The van der Waals surface area contributed by atoms with E-state index in [1.54, 1.807) is 6.92 Å². The summed E-state index contributed by atoms with van der Waals surface area (Å²) in [6.07, 6.45) is -2.14. The molecule has 0 saturated carbocycles. The molecular weight excluding hydrogens is 321 g/mol. The van der Waals surface area contributed by atoms with Crippen LogP contribution in [0.2, 0.25) is 0 Å². The van der Waals surface area contributed by atoms with E-state index in [0.717, 1.165) is 45.3 Å². The summed E-state index contributed by atoms with van der Waals surface area (Å²) in [6, 6.07) is 0.989. The maximum Gasteiger partial charge on any atom is 0.433 e. The number of ether oxygens (including phenoxy) is 1. The number of piperazine rings is 1. The molecule has 5 nitrogen and oxygen atoms in total. The van der Waals surface area contributed by atoms with Crippen LogP contribution in [0.5, 0.6) is 0 Å². The zero-order valence-electron chi connectivity index (χ0n) is 13.8. The number of nitrogens with zero attached hydrogens (tertiary/aromatic N) is 4. The largest absolute Gasteiger partial charge is 0.433 e. The molecule has 3 rings (SSSR count). The molecule has 1 aromatic rings. The van der Waals surface area contributed by atoms with Crippen LogP contribution in [0.1, 0.15) is 24.2 Å². The van der Waals surface area contributed by atoms with Crippen LogP contribution in [0, 0.1) is 12.8 Å². The summed E-state index contributed by atoms with van der Waals surface area (Å²) >= 11 is 0. The second-order valence-corrected chi connectivity index (χ2v) is 6.56. The minimum Gasteiger partial charge on any atom is -0.381 e. The van der Waals surface area contributed by atoms with Crippen LogP contribution in [0.3, 0.4) is 0 Å². The molecule has 0 unspecified atom stereocenters. The summed E-state index contributed by atoms with van der Waals surface area (Å²) in [5.74, 6) is 0.750. The molecule has 3 heterocycles. The van der Waals surface area contributed by atoms with E-state index in [4.69, 9.17) is 4.74 Å². The predicted molar refractivity (Wildman–Crippen MR) is 84.0 cm³/mol. The van der Waals surface area contributed by atoms with Gasteiger partial charge in [-0.25, -0.2) is 9.97 Å². The first-order chi connectivity index (χ1) is 11.4. The Morgan fingerprint density at radius 3 is 2.58 bits per heavy atom. The Hall–Kier alpha value is -1.41. The quantitative estimate of drug-likeness (QED) is 0.842. The van der Waals surface area contributed by atoms with Gasteiger partial charge in [-0.2, -0.15) is 13.2 Å². The zero-order chi connectivity index (χ0) is 17.2. The molecule has 134 valence electrons. The minimum absolute atomic E-state index is 0.183. The summed E-state index contributed by atoms with van der Waals surface area (Å²) in [7, 11) is 0. The molecule has 0 aromatic carbocycles. The van der Waals surface area contributed by atoms with Crippen molar-refractivity contribution in [3.63, 3.8) is 0 Å². The van der Waals surface area contributed by atoms with Crippen molar-refractivity contribution in [3.8, 4) is 0 Å². The van der Waals surface area contributed by atoms with E-state index in [9.17, 15) is 13.2 Å². The number of hydrogen-bond acceptors (Lipinski definition) is 5. The Balaban J connectivity index is 1.59. The van der Waals surface area contributed by atoms with Gasteiger partial charge < -0.3 is 9.64 Å². The number of halogens is 3. The van der Waals surface area contributed by atoms with Gasteiger partial charge in [0.2, 0.25) is 5.95 Å². The summed E-state index contributed by atoms with van der Waals surface area (Å²) in [5, 5.41) is 0. The van der Waals surface area contributed by atoms with Crippen LogP contribution in [-0.2, 0) is 10.9 Å². The van der Waals surface area contributed by atoms with E-state index in [-0.39, 0.29) is 5.95 Å². The number of hydrogen-bond donors (Lipinski definition) is 0. The first-order valence-electron chi connectivity index (χ1n) is 8.40. The van der Waals surface area contributed by atoms with Gasteiger partial charge in [0, 0.05) is 45.0 Å². The molecule has 0 aliphatic carbocycles. The fraction of sp³-hybridized carbons (Fsp3) is 0.750. The lowest BCUT2D eigenvalue weighted by Crippen LogP contribution is -2.49. The lowest BCUT2D eigenvalue weighted by molar-refractivity contribution is -0.141. The Bertz CT molecular complexity index is 553. The topological polar surface area (TPSA) is 41.5 Å². The number of alkyl halides is 3. The average molecular weight is 344 g/mol. The second kappa shape index (κ2) is 7.23. The van der Waals surface area contributed by atoms with E-state index in [2.05, 4.69) is 14.9 Å². The van der Waals surface area contributed by atoms with Crippen molar-refractivity contribution in [1.29, 1.82) is 0 Å². The number of rotatable bonds is 3. The first kappa shape index (κ1) is 17.4. The molecule has 2 saturated heterocycles. The van der Waals surface area contributed by atoms with E-state index in [1.165, 1.54) is 6.42 Å². The third kappa shape index (κ3) is 4.36. The molecule has 24 heavy (non-hydrogen) atoms. The van der Waals surface area contributed by atoms with E-state index in [0.29, 0.717) is 24.7 Å². The fourth-order valence-electron chi connectivity index (χ4n) is 3.29. The molecule has 0 N–H and O–H groups in total. The highest BCUT2D eigenvalue weighted by atomic mass is 19.4. The molecule has 0 bridgehead atoms. The summed E-state index contributed by atoms with van der Waals surface area (Å²) in [5.41, 5.74) is -0.527. The van der Waals surface area contributed by atoms with Crippen LogP contribution in [0.4, 0.5) is 19.1 Å². The van der Waals surface area contributed by atoms with Crippen molar-refractivity contribution in [1.82, 2.24) is 14.9 Å². The highest BCUT2D eigenvalue weighted by Crippen LogP contribution is 2.29. The molecule has 8 heteroatoms. The fourth-order valence-corrected chi connectivity index (χ4v) is 3.29. The molecule has 0 radical (unpaired) electrons. The third-order valence-electron chi connectivity index (χ3n) is 4.56. The summed E-state index contributed by atoms with van der Waals surface area (Å²) in [6.45, 7) is 7.16. The molecule has 1 aromatic heterocycles. The highest BCUT2D eigenvalue weighted by Gasteiger charge is 2.34. The standard InChI is InChI=1S/C16H23F3N4O/c1-12-9-14(16(17,18)19)21-15(20-12)23-6-4-22(5-7-23)10-13-3-2-8-24-11-13/h9,13H,2-8,10-11H2,1H3/t13-/m0/s1. The zero-order valence-corrected chi connectivity index (χ0v) is 13.8. The van der Waals surface area contributed by atoms with E-state index >= 15 is 0 Å². The maximum absolute atomic E-state index is 12.9. The highest BCUT2D eigenvalue weighted by molar-refractivity contribution is 5.33. The van der Waals surface area contributed by atoms with Crippen LogP contribution in [0.15, 0.2) is 6.07 Å². The van der Waals surface area contributed by atoms with Gasteiger partial charge in [-0.3, -0.25) is 4.90 Å². The van der Waals surface area contributed by atoms with Crippen LogP contribution in [-0.4, -0.2) is 60.8 Å². The Labute approximate surface area is 139 Å². The molecule has 0 spiro atoms. The van der Waals surface area contributed by atoms with Crippen molar-refractivity contribution in [3.05, 3.63) is 17.5 Å². The lowest BCUT2D eigenvalue weighted by Gasteiger charge is -2.37. The van der Waals surface area contributed by atoms with Gasteiger partial charge >= 0.3 is 6.18 Å². The first-order valence-corrected chi connectivity index (χ1v) is 8.40. The van der Waals surface area contributed by atoms with Crippen molar-refractivity contribution >= 4 is 5.95 Å². The predicted octanol–water partition coefficient (Wildman–Crippen LogP) is 2.35. The molecule has 1 atom stereocenters. The monoisotopic (exact) mass is 344 g/mol. The smallest absolute Gasteiger partial charge is 0.381 e. The van der Waals surface area contributed by atoms with Gasteiger partial charge in [0.25, 0.3) is 0 Å². The third-order valence-corrected chi connectivity index (χ3v) is 4.56. The lowest BCUT2D eigenvalue weighted by atomic mass is 10.0. The van der Waals surface area contributed by atoms with Gasteiger partial charge in [0.05, 0.1) is 6.61 Å². The van der Waals surface area contributed by atoms with Gasteiger partial charge in [-0.05, 0) is 31.7 Å². The van der Waals surface area contributed by atoms with Crippen LogP contribution >= 0.6 is 0 Å². The van der Waals surface area contributed by atoms with E-state index in [1.807, 2.05) is 4.90 Å². The van der Waals surface area contributed by atoms with Crippen molar-refractivity contribution in [2.24, 2.45) is 5.92 Å². The van der Waals surface area contributed by atoms with Crippen LogP contribution < -0.4 is 4.90 Å². The number of anilines is 1. The SMILES string of the molecule is Cc1cc(C(F)(F)F)nc(N2CCN(C[C@@H]3CCCOC3)CC2)n1. The Morgan fingerprint density at radius 1 is 1.21 bits per heavy atom. The average Bonchev–Trinajstić information content (AvgIpc) is 2.55. The van der Waals surface area contributed by atoms with Crippen molar-refractivity contribution < 1.29 is 17.9 Å². The number of aromatic nitrogens is 2. The van der Waals surface area contributed by atoms with Crippen LogP contribution in [0.25, 0.3) is 0 Å². The molecule has 0 amide bonds. The van der Waals surface area contributed by atoms with Gasteiger partial charge in [-0.15, -0.1) is 0 Å². The number of aryl methyl sites for hydroxylation is 1. The Kier molecular flexibility index (Phi) is 5.24. The van der Waals surface area contributed by atoms with Gasteiger partial charge in [0.1, 0.15) is 5.69 Å². The summed E-state index contributed by atoms with van der Waals surface area (Å²) < 4.78 is 44.2. The Morgan fingerprint density at radius 2 is 1.96 bits per heavy atom. The van der Waals surface area contributed by atoms with Crippen molar-refractivity contribution in [2.45, 2.75) is 25.9 Å². The van der Waals surface area contributed by atoms with Gasteiger partial charge in [-0.1, -0.05) is 0 Å². The molecule has 2 aliphatic heterocycles. The molecular formula is C16H23F3N4O. The van der Waals surface area contributed by atoms with Gasteiger partial charge in [0.15, 0.2) is 0 Å². The molecule has 2 aliphatic rings. The normalized spacial score (nSPS) is 23.5. The second-order valence-electron chi connectivity index (χ2n) is 6.56.